The average molecular weight is 674 g/mol. The van der Waals surface area contributed by atoms with Crippen LogP contribution in [0.4, 0.5) is 29.3 Å². The Morgan fingerprint density at radius 1 is 0.872 bits per heavy atom. The van der Waals surface area contributed by atoms with E-state index in [1.165, 1.54) is 23.5 Å². The smallest absolute Gasteiger partial charge is 0.416 e. The number of carbonyl (C=O) groups excluding carboxylic acids is 3. The van der Waals surface area contributed by atoms with E-state index in [-0.39, 0.29) is 29.3 Å². The molecule has 2 aliphatic heterocycles. The highest BCUT2D eigenvalue weighted by Gasteiger charge is 2.31. The number of benzene rings is 2. The van der Waals surface area contributed by atoms with Crippen LogP contribution in [-0.4, -0.2) is 91.2 Å². The number of nitrogens with one attached hydrogen (secondary N) is 2. The number of rotatable bonds is 8. The molecule has 47 heavy (non-hydrogen) atoms. The van der Waals surface area contributed by atoms with E-state index < -0.39 is 35.6 Å². The van der Waals surface area contributed by atoms with Crippen LogP contribution < -0.4 is 15.5 Å². The van der Waals surface area contributed by atoms with E-state index in [2.05, 4.69) is 10.6 Å². The number of nitrogens with zero attached hydrogens (tertiary/aromatic N) is 3. The number of halogens is 3. The highest BCUT2D eigenvalue weighted by molar-refractivity contribution is 7.10. The van der Waals surface area contributed by atoms with Crippen LogP contribution >= 0.6 is 11.3 Å². The van der Waals surface area contributed by atoms with Crippen LogP contribution in [0, 0.1) is 0 Å². The van der Waals surface area contributed by atoms with E-state index in [0.29, 0.717) is 69.5 Å². The van der Waals surface area contributed by atoms with Crippen LogP contribution in [0.3, 0.4) is 0 Å². The second-order valence-electron chi connectivity index (χ2n) is 11.1. The Morgan fingerprint density at radius 2 is 1.62 bits per heavy atom. The number of carbonyl (C=O) groups is 4. The predicted octanol–water partition coefficient (Wildman–Crippen LogP) is 4.93. The minimum Gasteiger partial charge on any atom is -0.481 e. The molecule has 4 amide bonds. The van der Waals surface area contributed by atoms with Gasteiger partial charge in [-0.3, -0.25) is 14.4 Å². The molecule has 2 aliphatic rings. The van der Waals surface area contributed by atoms with E-state index in [4.69, 9.17) is 4.74 Å². The van der Waals surface area contributed by atoms with Crippen LogP contribution in [0.15, 0.2) is 60.0 Å². The van der Waals surface area contributed by atoms with Gasteiger partial charge in [0.05, 0.1) is 42.6 Å². The largest absolute Gasteiger partial charge is 0.481 e. The molecule has 0 radical (unpaired) electrons. The molecule has 1 aromatic heterocycles. The Bertz CT molecular complexity index is 1600. The third-order valence-electron chi connectivity index (χ3n) is 7.92. The maximum Gasteiger partial charge on any atom is 0.416 e. The molecule has 2 saturated heterocycles. The van der Waals surface area contributed by atoms with Crippen LogP contribution in [0.25, 0.3) is 0 Å². The zero-order valence-electron chi connectivity index (χ0n) is 25.3. The van der Waals surface area contributed by atoms with Gasteiger partial charge in [-0.05, 0) is 54.3 Å². The first-order valence-corrected chi connectivity index (χ1v) is 15.9. The predicted molar refractivity (Wildman–Crippen MR) is 169 cm³/mol. The molecule has 0 aliphatic carbocycles. The molecule has 1 unspecified atom stereocenters. The van der Waals surface area contributed by atoms with Gasteiger partial charge in [-0.25, -0.2) is 4.79 Å². The number of carboxylic acids is 1. The summed E-state index contributed by atoms with van der Waals surface area (Å²) in [6.45, 7) is 3.76. The summed E-state index contributed by atoms with van der Waals surface area (Å²) in [5.41, 5.74) is -0.395. The third-order valence-corrected chi connectivity index (χ3v) is 8.90. The highest BCUT2D eigenvalue weighted by Crippen LogP contribution is 2.32. The first-order chi connectivity index (χ1) is 22.5. The molecule has 3 N–H and O–H groups in total. The zero-order valence-corrected chi connectivity index (χ0v) is 26.1. The van der Waals surface area contributed by atoms with Gasteiger partial charge in [-0.2, -0.15) is 13.2 Å². The fraction of sp³-hybridized carbons (Fsp3) is 0.375. The summed E-state index contributed by atoms with van der Waals surface area (Å²) >= 11 is 1.30. The van der Waals surface area contributed by atoms with E-state index in [1.54, 1.807) is 39.4 Å². The normalized spacial score (nSPS) is 16.3. The number of thiophene rings is 1. The van der Waals surface area contributed by atoms with Crippen molar-refractivity contribution in [3.8, 4) is 0 Å². The molecule has 0 spiro atoms. The van der Waals surface area contributed by atoms with Crippen molar-refractivity contribution in [3.63, 3.8) is 0 Å². The summed E-state index contributed by atoms with van der Waals surface area (Å²) < 4.78 is 45.5. The lowest BCUT2D eigenvalue weighted by molar-refractivity contribution is -0.138. The summed E-state index contributed by atoms with van der Waals surface area (Å²) in [6, 6.07) is 11.2. The summed E-state index contributed by atoms with van der Waals surface area (Å²) in [6.07, 6.45) is -4.39. The molecule has 0 bridgehead atoms. The molecule has 3 heterocycles. The fourth-order valence-corrected chi connectivity index (χ4v) is 6.30. The minimum atomic E-state index is -4.65. The average Bonchev–Trinajstić information content (AvgIpc) is 3.49. The number of amides is 4. The number of hydrogen-bond acceptors (Lipinski definition) is 7. The van der Waals surface area contributed by atoms with E-state index in [1.807, 2.05) is 4.90 Å². The maximum absolute atomic E-state index is 13.4. The molecule has 3 aromatic rings. The Labute approximate surface area is 272 Å². The standard InChI is InChI=1S/C32H34F3N5O6S/c33-32(34,35)23-5-1-4-21(18-23)29(43)36-24-19-22(30(44)37-25(20-28(41)42)27-6-2-17-47-27)7-8-26(24)38-9-3-10-39(12-11-38)31(45)40-13-15-46-16-14-40/h1-2,4-8,17-19,25H,3,9-16,20H2,(H,36,43)(H,37,44)(H,41,42). The van der Waals surface area contributed by atoms with Crippen molar-refractivity contribution in [2.75, 3.05) is 62.7 Å². The van der Waals surface area contributed by atoms with Gasteiger partial charge in [-0.15, -0.1) is 11.3 Å². The number of alkyl halides is 3. The summed E-state index contributed by atoms with van der Waals surface area (Å²) in [7, 11) is 0. The van der Waals surface area contributed by atoms with Crippen LogP contribution in [0.5, 0.6) is 0 Å². The van der Waals surface area contributed by atoms with E-state index in [0.717, 1.165) is 18.2 Å². The van der Waals surface area contributed by atoms with Gasteiger partial charge >= 0.3 is 18.2 Å². The molecule has 11 nitrogen and oxygen atoms in total. The van der Waals surface area contributed by atoms with Gasteiger partial charge in [0.2, 0.25) is 0 Å². The molecule has 250 valence electrons. The van der Waals surface area contributed by atoms with Gasteiger partial charge in [0.1, 0.15) is 0 Å². The molecule has 15 heteroatoms. The van der Waals surface area contributed by atoms with Crippen molar-refractivity contribution in [1.82, 2.24) is 15.1 Å². The molecule has 1 atom stereocenters. The van der Waals surface area contributed by atoms with Crippen molar-refractivity contribution >= 4 is 46.5 Å². The molecule has 2 fully saturated rings. The van der Waals surface area contributed by atoms with Crippen molar-refractivity contribution in [2.24, 2.45) is 0 Å². The molecule has 5 rings (SSSR count). The highest BCUT2D eigenvalue weighted by atomic mass is 32.1. The van der Waals surface area contributed by atoms with Gasteiger partial charge in [0.25, 0.3) is 11.8 Å². The number of carboxylic acid groups (broad SMARTS) is 1. The fourth-order valence-electron chi connectivity index (χ4n) is 5.52. The summed E-state index contributed by atoms with van der Waals surface area (Å²) in [4.78, 5) is 57.5. The molecule has 0 saturated carbocycles. The maximum atomic E-state index is 13.4. The minimum absolute atomic E-state index is 0.0816. The number of ether oxygens (including phenoxy) is 1. The lowest BCUT2D eigenvalue weighted by Gasteiger charge is -2.32. The van der Waals surface area contributed by atoms with Crippen molar-refractivity contribution in [3.05, 3.63) is 81.5 Å². The first kappa shape index (κ1) is 33.7. The van der Waals surface area contributed by atoms with Gasteiger partial charge < -0.3 is 35.2 Å². The third kappa shape index (κ3) is 8.60. The monoisotopic (exact) mass is 673 g/mol. The number of hydrogen-bond donors (Lipinski definition) is 3. The van der Waals surface area contributed by atoms with E-state index in [9.17, 15) is 37.5 Å². The van der Waals surface area contributed by atoms with E-state index >= 15 is 0 Å². The first-order valence-electron chi connectivity index (χ1n) is 15.0. The quantitative estimate of drug-likeness (QED) is 0.309. The number of morpholine rings is 1. The Hall–Kier alpha value is -4.63. The second-order valence-corrected chi connectivity index (χ2v) is 12.1. The lowest BCUT2D eigenvalue weighted by Crippen LogP contribution is -2.49. The van der Waals surface area contributed by atoms with Gasteiger partial charge in [0, 0.05) is 55.3 Å². The molecular weight excluding hydrogens is 639 g/mol. The van der Waals surface area contributed by atoms with Crippen LogP contribution in [-0.2, 0) is 15.7 Å². The Kier molecular flexibility index (Phi) is 10.7. The number of urea groups is 1. The number of anilines is 2. The molecule has 2 aromatic carbocycles. The van der Waals surface area contributed by atoms with Crippen LogP contribution in [0.2, 0.25) is 0 Å². The van der Waals surface area contributed by atoms with Crippen molar-refractivity contribution in [1.29, 1.82) is 0 Å². The van der Waals surface area contributed by atoms with Crippen molar-refractivity contribution < 1.29 is 42.2 Å². The second kappa shape index (κ2) is 14.9. The Morgan fingerprint density at radius 3 is 2.32 bits per heavy atom. The van der Waals surface area contributed by atoms with Crippen molar-refractivity contribution in [2.45, 2.75) is 25.1 Å². The summed E-state index contributed by atoms with van der Waals surface area (Å²) in [5.74, 6) is -2.50. The Balaban J connectivity index is 1.41. The molecular formula is C32H34F3N5O6S. The van der Waals surface area contributed by atoms with Gasteiger partial charge in [-0.1, -0.05) is 12.1 Å². The van der Waals surface area contributed by atoms with Gasteiger partial charge in [0.15, 0.2) is 0 Å². The lowest BCUT2D eigenvalue weighted by atomic mass is 10.1. The zero-order chi connectivity index (χ0) is 33.6. The summed E-state index contributed by atoms with van der Waals surface area (Å²) in [5, 5.41) is 16.6. The number of aliphatic carboxylic acids is 1. The topological polar surface area (TPSA) is 132 Å². The van der Waals surface area contributed by atoms with Crippen LogP contribution in [0.1, 0.15) is 50.0 Å². The SMILES string of the molecule is O=C(O)CC(NC(=O)c1ccc(N2CCCN(C(=O)N3CCOCC3)CC2)c(NC(=O)c2cccc(C(F)(F)F)c2)c1)c1cccs1.